The molecule has 22 heavy (non-hydrogen) atoms. The summed E-state index contributed by atoms with van der Waals surface area (Å²) in [6.45, 7) is 6.80. The molecule has 0 saturated heterocycles. The first-order chi connectivity index (χ1) is 10.6. The first-order valence-electron chi connectivity index (χ1n) is 7.52. The number of aromatic nitrogens is 1. The molecule has 2 aromatic rings. The van der Waals surface area contributed by atoms with Gasteiger partial charge in [-0.3, -0.25) is 4.90 Å². The molecule has 0 unspecified atom stereocenters. The lowest BCUT2D eigenvalue weighted by Gasteiger charge is -2.20. The van der Waals surface area contributed by atoms with Crippen LogP contribution in [0.25, 0.3) is 0 Å². The van der Waals surface area contributed by atoms with E-state index in [0.717, 1.165) is 23.8 Å². The third kappa shape index (κ3) is 5.09. The Bertz CT molecular complexity index is 566. The minimum absolute atomic E-state index is 0.172. The second kappa shape index (κ2) is 8.67. The predicted octanol–water partition coefficient (Wildman–Crippen LogP) is 3.98. The van der Waals surface area contributed by atoms with Crippen molar-refractivity contribution in [2.24, 2.45) is 0 Å². The monoisotopic (exact) mass is 336 g/mol. The van der Waals surface area contributed by atoms with Gasteiger partial charge in [0.1, 0.15) is 5.01 Å². The van der Waals surface area contributed by atoms with Gasteiger partial charge in [0.05, 0.1) is 18.8 Å². The lowest BCUT2D eigenvalue weighted by atomic mass is 10.2. The molecule has 1 N–H and O–H groups in total. The molecule has 1 heterocycles. The summed E-state index contributed by atoms with van der Waals surface area (Å²) in [4.78, 5) is 8.22. The van der Waals surface area contributed by atoms with Gasteiger partial charge >= 0.3 is 0 Å². The van der Waals surface area contributed by atoms with E-state index < -0.39 is 0 Å². The molecular weight excluding hydrogens is 312 g/mol. The van der Waals surface area contributed by atoms with Crippen LogP contribution in [0.3, 0.4) is 0 Å². The number of thiazole rings is 1. The van der Waals surface area contributed by atoms with Crippen LogP contribution in [0.15, 0.2) is 34.5 Å². The largest absolute Gasteiger partial charge is 0.395 e. The van der Waals surface area contributed by atoms with E-state index >= 15 is 0 Å². The standard InChI is InChI=1S/C17H24N2OS2/c1-13(2)16-12-22-17(18-16)11-19(8-9-20)10-14-4-6-15(21-3)7-5-14/h4-7,12-13,20H,8-11H2,1-3H3. The zero-order valence-corrected chi connectivity index (χ0v) is 15.1. The Morgan fingerprint density at radius 1 is 1.23 bits per heavy atom. The summed E-state index contributed by atoms with van der Waals surface area (Å²) >= 11 is 3.46. The van der Waals surface area contributed by atoms with Crippen LogP contribution in [-0.2, 0) is 13.1 Å². The van der Waals surface area contributed by atoms with Gasteiger partial charge < -0.3 is 5.11 Å². The van der Waals surface area contributed by atoms with Crippen LogP contribution in [0, 0.1) is 0 Å². The SMILES string of the molecule is CSc1ccc(CN(CCO)Cc2nc(C(C)C)cs2)cc1. The number of benzene rings is 1. The highest BCUT2D eigenvalue weighted by atomic mass is 32.2. The number of thioether (sulfide) groups is 1. The Balaban J connectivity index is 2.01. The van der Waals surface area contributed by atoms with Gasteiger partial charge in [0.15, 0.2) is 0 Å². The van der Waals surface area contributed by atoms with Crippen LogP contribution in [-0.4, -0.2) is 34.4 Å². The molecule has 0 spiro atoms. The maximum Gasteiger partial charge on any atom is 0.107 e. The molecule has 0 atom stereocenters. The number of nitrogens with zero attached hydrogens (tertiary/aromatic N) is 2. The van der Waals surface area contributed by atoms with E-state index in [-0.39, 0.29) is 6.61 Å². The third-order valence-corrected chi connectivity index (χ3v) is 5.10. The van der Waals surface area contributed by atoms with Crippen LogP contribution in [0.5, 0.6) is 0 Å². The van der Waals surface area contributed by atoms with E-state index in [9.17, 15) is 5.11 Å². The van der Waals surface area contributed by atoms with Crippen molar-refractivity contribution in [3.63, 3.8) is 0 Å². The lowest BCUT2D eigenvalue weighted by Crippen LogP contribution is -2.26. The Hall–Kier alpha value is -0.880. The van der Waals surface area contributed by atoms with Gasteiger partial charge in [0.25, 0.3) is 0 Å². The first-order valence-corrected chi connectivity index (χ1v) is 9.63. The van der Waals surface area contributed by atoms with Gasteiger partial charge in [-0.1, -0.05) is 26.0 Å². The molecule has 0 aliphatic carbocycles. The van der Waals surface area contributed by atoms with E-state index in [1.807, 2.05) is 0 Å². The van der Waals surface area contributed by atoms with E-state index in [4.69, 9.17) is 4.98 Å². The van der Waals surface area contributed by atoms with E-state index in [2.05, 4.69) is 54.6 Å². The second-order valence-corrected chi connectivity index (χ2v) is 7.43. The minimum atomic E-state index is 0.172. The maximum atomic E-state index is 9.31. The van der Waals surface area contributed by atoms with Crippen molar-refractivity contribution in [3.8, 4) is 0 Å². The second-order valence-electron chi connectivity index (χ2n) is 5.60. The molecule has 5 heteroatoms. The summed E-state index contributed by atoms with van der Waals surface area (Å²) in [7, 11) is 0. The average Bonchev–Trinajstić information content (AvgIpc) is 2.97. The molecule has 3 nitrogen and oxygen atoms in total. The van der Waals surface area contributed by atoms with Crippen LogP contribution in [0.2, 0.25) is 0 Å². The summed E-state index contributed by atoms with van der Waals surface area (Å²) in [5.74, 6) is 0.468. The highest BCUT2D eigenvalue weighted by Gasteiger charge is 2.11. The van der Waals surface area contributed by atoms with Crippen LogP contribution >= 0.6 is 23.1 Å². The fraction of sp³-hybridized carbons (Fsp3) is 0.471. The molecular formula is C17H24N2OS2. The van der Waals surface area contributed by atoms with Crippen molar-refractivity contribution in [3.05, 3.63) is 45.9 Å². The third-order valence-electron chi connectivity index (χ3n) is 3.50. The van der Waals surface area contributed by atoms with Crippen molar-refractivity contribution in [2.75, 3.05) is 19.4 Å². The first kappa shape index (κ1) is 17.5. The summed E-state index contributed by atoms with van der Waals surface area (Å²) in [5.41, 5.74) is 2.43. The van der Waals surface area contributed by atoms with Gasteiger partial charge in [0.2, 0.25) is 0 Å². The van der Waals surface area contributed by atoms with Crippen molar-refractivity contribution >= 4 is 23.1 Å². The fourth-order valence-corrected chi connectivity index (χ4v) is 3.60. The van der Waals surface area contributed by atoms with Gasteiger partial charge in [-0.05, 0) is 29.9 Å². The Kier molecular flexibility index (Phi) is 6.89. The Morgan fingerprint density at radius 3 is 2.50 bits per heavy atom. The zero-order valence-electron chi connectivity index (χ0n) is 13.5. The van der Waals surface area contributed by atoms with E-state index in [0.29, 0.717) is 12.5 Å². The van der Waals surface area contributed by atoms with Crippen molar-refractivity contribution in [1.29, 1.82) is 0 Å². The molecule has 0 bridgehead atoms. The summed E-state index contributed by atoms with van der Waals surface area (Å²) < 4.78 is 0. The van der Waals surface area contributed by atoms with Crippen LogP contribution < -0.4 is 0 Å². The van der Waals surface area contributed by atoms with E-state index in [1.165, 1.54) is 10.5 Å². The van der Waals surface area contributed by atoms with Gasteiger partial charge in [-0.2, -0.15) is 0 Å². The molecule has 0 fully saturated rings. The molecule has 1 aromatic heterocycles. The lowest BCUT2D eigenvalue weighted by molar-refractivity contribution is 0.184. The smallest absolute Gasteiger partial charge is 0.107 e. The highest BCUT2D eigenvalue weighted by Crippen LogP contribution is 2.20. The number of hydrogen-bond acceptors (Lipinski definition) is 5. The molecule has 1 aromatic carbocycles. The topological polar surface area (TPSA) is 36.4 Å². The quantitative estimate of drug-likeness (QED) is 0.740. The predicted molar refractivity (Wildman–Crippen MR) is 95.6 cm³/mol. The number of aliphatic hydroxyl groups excluding tert-OH is 1. The minimum Gasteiger partial charge on any atom is -0.395 e. The number of hydrogen-bond donors (Lipinski definition) is 1. The Labute approximate surface area is 141 Å². The maximum absolute atomic E-state index is 9.31. The van der Waals surface area contributed by atoms with Gasteiger partial charge in [0, 0.05) is 23.4 Å². The molecule has 2 rings (SSSR count). The van der Waals surface area contributed by atoms with Crippen molar-refractivity contribution < 1.29 is 5.11 Å². The Morgan fingerprint density at radius 2 is 1.95 bits per heavy atom. The molecule has 120 valence electrons. The normalized spacial score (nSPS) is 11.5. The van der Waals surface area contributed by atoms with Crippen molar-refractivity contribution in [2.45, 2.75) is 37.8 Å². The van der Waals surface area contributed by atoms with Gasteiger partial charge in [-0.25, -0.2) is 4.98 Å². The molecule has 0 aliphatic heterocycles. The average molecular weight is 337 g/mol. The number of rotatable bonds is 8. The molecule has 0 amide bonds. The van der Waals surface area contributed by atoms with E-state index in [1.54, 1.807) is 23.1 Å². The molecule has 0 aliphatic rings. The zero-order chi connectivity index (χ0) is 15.9. The fourth-order valence-electron chi connectivity index (χ4n) is 2.20. The summed E-state index contributed by atoms with van der Waals surface area (Å²) in [6, 6.07) is 8.63. The highest BCUT2D eigenvalue weighted by molar-refractivity contribution is 7.98. The molecule has 0 saturated carbocycles. The van der Waals surface area contributed by atoms with Crippen LogP contribution in [0.4, 0.5) is 0 Å². The number of aliphatic hydroxyl groups is 1. The van der Waals surface area contributed by atoms with Crippen molar-refractivity contribution in [1.82, 2.24) is 9.88 Å². The molecule has 0 radical (unpaired) electrons. The van der Waals surface area contributed by atoms with Gasteiger partial charge in [-0.15, -0.1) is 23.1 Å². The summed E-state index contributed by atoms with van der Waals surface area (Å²) in [5, 5.41) is 12.6. The van der Waals surface area contributed by atoms with Crippen LogP contribution in [0.1, 0.15) is 36.0 Å². The summed E-state index contributed by atoms with van der Waals surface area (Å²) in [6.07, 6.45) is 2.09.